The van der Waals surface area contributed by atoms with Crippen LogP contribution in [0.3, 0.4) is 0 Å². The summed E-state index contributed by atoms with van der Waals surface area (Å²) in [6, 6.07) is 5.68. The van der Waals surface area contributed by atoms with Gasteiger partial charge in [-0.05, 0) is 31.0 Å². The predicted molar refractivity (Wildman–Crippen MR) is 79.6 cm³/mol. The third kappa shape index (κ3) is 2.92. The quantitative estimate of drug-likeness (QED) is 0.905. The Morgan fingerprint density at radius 1 is 1.35 bits per heavy atom. The van der Waals surface area contributed by atoms with Gasteiger partial charge in [0, 0.05) is 16.6 Å². The monoisotopic (exact) mass is 358 g/mol. The third-order valence-electron chi connectivity index (χ3n) is 2.83. The molecule has 0 amide bonds. The fourth-order valence-corrected chi connectivity index (χ4v) is 2.81. The van der Waals surface area contributed by atoms with Gasteiger partial charge in [-0.3, -0.25) is 4.57 Å². The average Bonchev–Trinajstić information content (AvgIpc) is 2.77. The highest BCUT2D eigenvalue weighted by molar-refractivity contribution is 9.10. The van der Waals surface area contributed by atoms with Crippen LogP contribution in [0.4, 0.5) is 0 Å². The summed E-state index contributed by atoms with van der Waals surface area (Å²) in [5, 5.41) is 12.7. The van der Waals surface area contributed by atoms with Gasteiger partial charge in [-0.15, -0.1) is 10.2 Å². The van der Waals surface area contributed by atoms with Gasteiger partial charge in [0.1, 0.15) is 0 Å². The smallest absolute Gasteiger partial charge is 0.273 e. The summed E-state index contributed by atoms with van der Waals surface area (Å²) in [5.74, 6) is 0.506. The molecule has 2 rings (SSSR count). The highest BCUT2D eigenvalue weighted by Crippen LogP contribution is 2.25. The Bertz CT molecular complexity index is 740. The van der Waals surface area contributed by atoms with E-state index in [2.05, 4.69) is 26.1 Å². The van der Waals surface area contributed by atoms with Crippen molar-refractivity contribution < 1.29 is 8.42 Å². The maximum Gasteiger partial charge on any atom is 0.273 e. The number of rotatable bonds is 4. The van der Waals surface area contributed by atoms with E-state index in [0.29, 0.717) is 12.4 Å². The number of aryl methyl sites for hydroxylation is 1. The van der Waals surface area contributed by atoms with E-state index in [-0.39, 0.29) is 5.16 Å². The lowest BCUT2D eigenvalue weighted by Gasteiger charge is -2.08. The number of halogens is 1. The lowest BCUT2D eigenvalue weighted by molar-refractivity contribution is 0.559. The van der Waals surface area contributed by atoms with Gasteiger partial charge in [0.05, 0.1) is 0 Å². The van der Waals surface area contributed by atoms with Crippen LogP contribution in [0.2, 0.25) is 0 Å². The molecule has 0 aliphatic rings. The first-order chi connectivity index (χ1) is 9.34. The van der Waals surface area contributed by atoms with Gasteiger partial charge in [-0.25, -0.2) is 13.6 Å². The van der Waals surface area contributed by atoms with Crippen molar-refractivity contribution in [3.63, 3.8) is 0 Å². The number of nitrogens with zero attached hydrogens (tertiary/aromatic N) is 3. The summed E-state index contributed by atoms with van der Waals surface area (Å²) in [6.07, 6.45) is 0.753. The normalized spacial score (nSPS) is 11.8. The van der Waals surface area contributed by atoms with Crippen molar-refractivity contribution in [2.75, 3.05) is 0 Å². The topological polar surface area (TPSA) is 90.9 Å². The molecule has 0 atom stereocenters. The minimum atomic E-state index is -3.88. The first-order valence-electron chi connectivity index (χ1n) is 6.07. The third-order valence-corrected chi connectivity index (χ3v) is 4.54. The Balaban J connectivity index is 2.62. The molecule has 1 aromatic carbocycles. The second-order valence-corrected chi connectivity index (χ2v) is 6.78. The first kappa shape index (κ1) is 15.1. The van der Waals surface area contributed by atoms with E-state index in [1.807, 2.05) is 32.0 Å². The number of nitrogens with two attached hydrogens (primary N) is 1. The molecule has 2 N–H and O–H groups in total. The maximum absolute atomic E-state index is 11.5. The summed E-state index contributed by atoms with van der Waals surface area (Å²) < 4.78 is 25.6. The molecule has 0 aliphatic carbocycles. The highest BCUT2D eigenvalue weighted by atomic mass is 79.9. The second-order valence-electron chi connectivity index (χ2n) is 4.47. The van der Waals surface area contributed by atoms with E-state index in [9.17, 15) is 8.42 Å². The SMILES string of the molecule is CCCn1c(-c2ccc(Br)c(C)c2)nnc1S(N)(=O)=O. The Morgan fingerprint density at radius 3 is 2.60 bits per heavy atom. The van der Waals surface area contributed by atoms with E-state index >= 15 is 0 Å². The van der Waals surface area contributed by atoms with Crippen molar-refractivity contribution in [1.82, 2.24) is 14.8 Å². The van der Waals surface area contributed by atoms with Crippen molar-refractivity contribution in [2.45, 2.75) is 32.0 Å². The van der Waals surface area contributed by atoms with E-state index in [1.165, 1.54) is 4.57 Å². The fourth-order valence-electron chi connectivity index (χ4n) is 1.92. The van der Waals surface area contributed by atoms with Crippen LogP contribution in [0, 0.1) is 6.92 Å². The van der Waals surface area contributed by atoms with Crippen molar-refractivity contribution in [2.24, 2.45) is 5.14 Å². The average molecular weight is 359 g/mol. The molecular weight excluding hydrogens is 344 g/mol. The van der Waals surface area contributed by atoms with Crippen LogP contribution < -0.4 is 5.14 Å². The molecule has 108 valence electrons. The summed E-state index contributed by atoms with van der Waals surface area (Å²) in [5.41, 5.74) is 1.84. The molecule has 0 fully saturated rings. The Hall–Kier alpha value is -1.25. The Morgan fingerprint density at radius 2 is 2.05 bits per heavy atom. The zero-order chi connectivity index (χ0) is 14.9. The Kier molecular flexibility index (Phi) is 4.26. The summed E-state index contributed by atoms with van der Waals surface area (Å²) >= 11 is 3.43. The molecule has 0 aliphatic heterocycles. The largest absolute Gasteiger partial charge is 0.297 e. The van der Waals surface area contributed by atoms with Gasteiger partial charge in [-0.2, -0.15) is 0 Å². The van der Waals surface area contributed by atoms with Crippen LogP contribution in [0.5, 0.6) is 0 Å². The summed E-state index contributed by atoms with van der Waals surface area (Å²) in [4.78, 5) is 0. The van der Waals surface area contributed by atoms with Gasteiger partial charge in [-0.1, -0.05) is 28.9 Å². The van der Waals surface area contributed by atoms with Crippen LogP contribution >= 0.6 is 15.9 Å². The molecule has 1 heterocycles. The summed E-state index contributed by atoms with van der Waals surface area (Å²) in [7, 11) is -3.88. The summed E-state index contributed by atoms with van der Waals surface area (Å²) in [6.45, 7) is 4.39. The highest BCUT2D eigenvalue weighted by Gasteiger charge is 2.21. The number of sulfonamides is 1. The molecule has 0 spiro atoms. The lowest BCUT2D eigenvalue weighted by atomic mass is 10.1. The van der Waals surface area contributed by atoms with Crippen molar-refractivity contribution in [3.05, 3.63) is 28.2 Å². The number of hydrogen-bond acceptors (Lipinski definition) is 4. The molecule has 0 radical (unpaired) electrons. The van der Waals surface area contributed by atoms with E-state index in [1.54, 1.807) is 0 Å². The van der Waals surface area contributed by atoms with Gasteiger partial charge < -0.3 is 0 Å². The number of aromatic nitrogens is 3. The Labute approximate surface area is 126 Å². The molecule has 20 heavy (non-hydrogen) atoms. The molecule has 0 saturated carbocycles. The van der Waals surface area contributed by atoms with Crippen LogP contribution in [0.1, 0.15) is 18.9 Å². The molecule has 6 nitrogen and oxygen atoms in total. The molecule has 8 heteroatoms. The standard InChI is InChI=1S/C12H15BrN4O2S/c1-3-6-17-11(15-16-12(17)20(14,18)19)9-4-5-10(13)8(2)7-9/h4-5,7H,3,6H2,1-2H3,(H2,14,18,19). The molecular formula is C12H15BrN4O2S. The lowest BCUT2D eigenvalue weighted by Crippen LogP contribution is -2.19. The second kappa shape index (κ2) is 5.63. The van der Waals surface area contributed by atoms with Crippen molar-refractivity contribution in [3.8, 4) is 11.4 Å². The van der Waals surface area contributed by atoms with Gasteiger partial charge in [0.15, 0.2) is 5.82 Å². The predicted octanol–water partition coefficient (Wildman–Crippen LogP) is 2.07. The van der Waals surface area contributed by atoms with Crippen LogP contribution in [0.15, 0.2) is 27.8 Å². The van der Waals surface area contributed by atoms with Crippen LogP contribution in [-0.4, -0.2) is 23.2 Å². The van der Waals surface area contributed by atoms with Crippen molar-refractivity contribution >= 4 is 26.0 Å². The first-order valence-corrected chi connectivity index (χ1v) is 8.41. The van der Waals surface area contributed by atoms with Crippen LogP contribution in [0.25, 0.3) is 11.4 Å². The van der Waals surface area contributed by atoms with E-state index in [0.717, 1.165) is 22.0 Å². The zero-order valence-corrected chi connectivity index (χ0v) is 13.6. The molecule has 0 saturated heterocycles. The van der Waals surface area contributed by atoms with Gasteiger partial charge >= 0.3 is 0 Å². The number of benzene rings is 1. The minimum absolute atomic E-state index is 0.199. The van der Waals surface area contributed by atoms with Gasteiger partial charge in [0.2, 0.25) is 0 Å². The maximum atomic E-state index is 11.5. The molecule has 2 aromatic rings. The van der Waals surface area contributed by atoms with Crippen molar-refractivity contribution in [1.29, 1.82) is 0 Å². The van der Waals surface area contributed by atoms with Gasteiger partial charge in [0.25, 0.3) is 15.2 Å². The zero-order valence-electron chi connectivity index (χ0n) is 11.2. The molecule has 0 unspecified atom stereocenters. The number of hydrogen-bond donors (Lipinski definition) is 1. The minimum Gasteiger partial charge on any atom is -0.297 e. The molecule has 0 bridgehead atoms. The van der Waals surface area contributed by atoms with E-state index in [4.69, 9.17) is 5.14 Å². The van der Waals surface area contributed by atoms with Crippen LogP contribution in [-0.2, 0) is 16.6 Å². The number of primary sulfonamides is 1. The van der Waals surface area contributed by atoms with E-state index < -0.39 is 10.0 Å². The fraction of sp³-hybridized carbons (Fsp3) is 0.333. The molecule has 1 aromatic heterocycles.